The first-order valence-electron chi connectivity index (χ1n) is 5.98. The minimum atomic E-state index is -0.550. The minimum absolute atomic E-state index is 0.0148. The fraction of sp³-hybridized carbons (Fsp3) is 0.133. The number of amides is 1. The molecule has 5 heteroatoms. The van der Waals surface area contributed by atoms with Crippen LogP contribution < -0.4 is 5.32 Å². The van der Waals surface area contributed by atoms with Crippen LogP contribution in [0.1, 0.15) is 21.5 Å². The third-order valence-corrected chi connectivity index (χ3v) is 3.76. The zero-order chi connectivity index (χ0) is 14.5. The molecule has 104 valence electrons. The lowest BCUT2D eigenvalue weighted by atomic mass is 10.1. The van der Waals surface area contributed by atoms with E-state index < -0.39 is 11.7 Å². The first-order chi connectivity index (χ1) is 9.61. The first kappa shape index (κ1) is 15.0. The Morgan fingerprint density at radius 3 is 2.60 bits per heavy atom. The largest absolute Gasteiger partial charge is 0.348 e. The Morgan fingerprint density at radius 2 is 1.90 bits per heavy atom. The van der Waals surface area contributed by atoms with Crippen molar-refractivity contribution < 1.29 is 9.18 Å². The van der Waals surface area contributed by atoms with Gasteiger partial charge in [-0.15, -0.1) is 11.6 Å². The summed E-state index contributed by atoms with van der Waals surface area (Å²) in [4.78, 5) is 12.0. The highest BCUT2D eigenvalue weighted by Crippen LogP contribution is 2.19. The number of carbonyl (C=O) groups is 1. The molecule has 2 aromatic carbocycles. The van der Waals surface area contributed by atoms with E-state index in [9.17, 15) is 9.18 Å². The SMILES string of the molecule is O=C(NCc1cccc(CCl)c1)c1c(F)cccc1Br. The van der Waals surface area contributed by atoms with Crippen LogP contribution in [0.15, 0.2) is 46.9 Å². The van der Waals surface area contributed by atoms with E-state index in [0.717, 1.165) is 11.1 Å². The van der Waals surface area contributed by atoms with Gasteiger partial charge in [-0.25, -0.2) is 4.39 Å². The summed E-state index contributed by atoms with van der Waals surface area (Å²) in [6.07, 6.45) is 0. The van der Waals surface area contributed by atoms with E-state index in [1.54, 1.807) is 12.1 Å². The van der Waals surface area contributed by atoms with Crippen LogP contribution in [0.3, 0.4) is 0 Å². The maximum absolute atomic E-state index is 13.6. The van der Waals surface area contributed by atoms with Crippen molar-refractivity contribution in [3.05, 3.63) is 69.4 Å². The second kappa shape index (κ2) is 6.86. The second-order valence-electron chi connectivity index (χ2n) is 4.23. The van der Waals surface area contributed by atoms with Crippen molar-refractivity contribution in [1.29, 1.82) is 0 Å². The molecule has 2 aromatic rings. The van der Waals surface area contributed by atoms with E-state index in [1.165, 1.54) is 6.07 Å². The number of rotatable bonds is 4. The van der Waals surface area contributed by atoms with E-state index >= 15 is 0 Å². The van der Waals surface area contributed by atoms with Crippen LogP contribution in [-0.4, -0.2) is 5.91 Å². The molecule has 0 aliphatic heterocycles. The summed E-state index contributed by atoms with van der Waals surface area (Å²) in [5.41, 5.74) is 1.91. The quantitative estimate of drug-likeness (QED) is 0.815. The number of hydrogen-bond acceptors (Lipinski definition) is 1. The van der Waals surface area contributed by atoms with Gasteiger partial charge in [0.1, 0.15) is 5.82 Å². The molecular formula is C15H12BrClFNO. The van der Waals surface area contributed by atoms with E-state index in [2.05, 4.69) is 21.2 Å². The third kappa shape index (κ3) is 3.58. The van der Waals surface area contributed by atoms with Gasteiger partial charge in [0.15, 0.2) is 0 Å². The topological polar surface area (TPSA) is 29.1 Å². The van der Waals surface area contributed by atoms with Crippen molar-refractivity contribution in [3.8, 4) is 0 Å². The lowest BCUT2D eigenvalue weighted by Crippen LogP contribution is -2.24. The van der Waals surface area contributed by atoms with Crippen LogP contribution in [0.25, 0.3) is 0 Å². The van der Waals surface area contributed by atoms with Crippen molar-refractivity contribution in [1.82, 2.24) is 5.32 Å². The van der Waals surface area contributed by atoms with E-state index in [-0.39, 0.29) is 5.56 Å². The number of hydrogen-bond donors (Lipinski definition) is 1. The minimum Gasteiger partial charge on any atom is -0.348 e. The van der Waals surface area contributed by atoms with Gasteiger partial charge in [-0.1, -0.05) is 30.3 Å². The molecule has 0 aliphatic carbocycles. The fourth-order valence-electron chi connectivity index (χ4n) is 1.81. The number of carbonyl (C=O) groups excluding carboxylic acids is 1. The number of halogens is 3. The second-order valence-corrected chi connectivity index (χ2v) is 5.35. The number of nitrogens with one attached hydrogen (secondary N) is 1. The van der Waals surface area contributed by atoms with Gasteiger partial charge in [-0.3, -0.25) is 4.79 Å². The zero-order valence-electron chi connectivity index (χ0n) is 10.5. The Hall–Kier alpha value is -1.39. The molecule has 20 heavy (non-hydrogen) atoms. The molecule has 2 nitrogen and oxygen atoms in total. The Labute approximate surface area is 130 Å². The van der Waals surface area contributed by atoms with Crippen molar-refractivity contribution in [2.45, 2.75) is 12.4 Å². The molecule has 0 aromatic heterocycles. The average molecular weight is 357 g/mol. The summed E-state index contributed by atoms with van der Waals surface area (Å²) in [6, 6.07) is 12.0. The molecule has 0 heterocycles. The van der Waals surface area contributed by atoms with Gasteiger partial charge in [0.2, 0.25) is 0 Å². The molecule has 0 aliphatic rings. The predicted octanol–water partition coefficient (Wildman–Crippen LogP) is 4.26. The van der Waals surface area contributed by atoms with Crippen molar-refractivity contribution in [2.75, 3.05) is 0 Å². The molecular weight excluding hydrogens is 345 g/mol. The zero-order valence-corrected chi connectivity index (χ0v) is 12.8. The smallest absolute Gasteiger partial charge is 0.255 e. The van der Waals surface area contributed by atoms with Crippen molar-refractivity contribution >= 4 is 33.4 Å². The highest BCUT2D eigenvalue weighted by molar-refractivity contribution is 9.10. The lowest BCUT2D eigenvalue weighted by molar-refractivity contribution is 0.0946. The van der Waals surface area contributed by atoms with Gasteiger partial charge in [0.05, 0.1) is 5.56 Å². The Balaban J connectivity index is 2.09. The van der Waals surface area contributed by atoms with Gasteiger partial charge in [-0.2, -0.15) is 0 Å². The molecule has 0 unspecified atom stereocenters. The Bertz CT molecular complexity index is 613. The molecule has 0 atom stereocenters. The highest BCUT2D eigenvalue weighted by Gasteiger charge is 2.14. The normalized spacial score (nSPS) is 10.3. The molecule has 1 amide bonds. The molecule has 0 saturated carbocycles. The summed E-state index contributed by atoms with van der Waals surface area (Å²) in [7, 11) is 0. The summed E-state index contributed by atoms with van der Waals surface area (Å²) >= 11 is 8.93. The van der Waals surface area contributed by atoms with Crippen molar-refractivity contribution in [2.24, 2.45) is 0 Å². The summed E-state index contributed by atoms with van der Waals surface area (Å²) in [5, 5.41) is 2.70. The van der Waals surface area contributed by atoms with Gasteiger partial charge < -0.3 is 5.32 Å². The molecule has 0 saturated heterocycles. The van der Waals surface area contributed by atoms with Crippen LogP contribution in [0, 0.1) is 5.82 Å². The Morgan fingerprint density at radius 1 is 1.20 bits per heavy atom. The lowest BCUT2D eigenvalue weighted by Gasteiger charge is -2.08. The number of alkyl halides is 1. The third-order valence-electron chi connectivity index (χ3n) is 2.79. The van der Waals surface area contributed by atoms with E-state index in [0.29, 0.717) is 16.9 Å². The maximum Gasteiger partial charge on any atom is 0.255 e. The van der Waals surface area contributed by atoms with Gasteiger partial charge >= 0.3 is 0 Å². The van der Waals surface area contributed by atoms with Gasteiger partial charge in [0.25, 0.3) is 5.91 Å². The monoisotopic (exact) mass is 355 g/mol. The summed E-state index contributed by atoms with van der Waals surface area (Å²) in [6.45, 7) is 0.324. The maximum atomic E-state index is 13.6. The predicted molar refractivity (Wildman–Crippen MR) is 81.3 cm³/mol. The first-order valence-corrected chi connectivity index (χ1v) is 7.30. The van der Waals surface area contributed by atoms with E-state index in [4.69, 9.17) is 11.6 Å². The molecule has 0 bridgehead atoms. The van der Waals surface area contributed by atoms with Crippen LogP contribution >= 0.6 is 27.5 Å². The number of benzene rings is 2. The van der Waals surface area contributed by atoms with Crippen LogP contribution in [0.4, 0.5) is 4.39 Å². The van der Waals surface area contributed by atoms with Gasteiger partial charge in [-0.05, 0) is 39.2 Å². The van der Waals surface area contributed by atoms with E-state index in [1.807, 2.05) is 24.3 Å². The molecule has 2 rings (SSSR count). The molecule has 0 radical (unpaired) electrons. The average Bonchev–Trinajstić information content (AvgIpc) is 2.45. The van der Waals surface area contributed by atoms with Crippen LogP contribution in [0.2, 0.25) is 0 Å². The van der Waals surface area contributed by atoms with Gasteiger partial charge in [0, 0.05) is 16.9 Å². The fourth-order valence-corrected chi connectivity index (χ4v) is 2.50. The van der Waals surface area contributed by atoms with Crippen molar-refractivity contribution in [3.63, 3.8) is 0 Å². The van der Waals surface area contributed by atoms with Crippen LogP contribution in [0.5, 0.6) is 0 Å². The Kier molecular flexibility index (Phi) is 5.15. The molecule has 1 N–H and O–H groups in total. The standard InChI is InChI=1S/C15H12BrClFNO/c16-12-5-2-6-13(18)14(12)15(20)19-9-11-4-1-3-10(7-11)8-17/h1-7H,8-9H2,(H,19,20). The van der Waals surface area contributed by atoms with Crippen LogP contribution in [-0.2, 0) is 12.4 Å². The summed E-state index contributed by atoms with van der Waals surface area (Å²) in [5.74, 6) is -0.585. The molecule has 0 spiro atoms. The highest BCUT2D eigenvalue weighted by atomic mass is 79.9. The molecule has 0 fully saturated rings. The summed E-state index contributed by atoms with van der Waals surface area (Å²) < 4.78 is 14.1.